The van der Waals surface area contributed by atoms with Gasteiger partial charge in [0.05, 0.1) is 31.4 Å². The van der Waals surface area contributed by atoms with E-state index < -0.39 is 17.7 Å². The number of nitrogens with zero attached hydrogens (tertiary/aromatic N) is 2. The van der Waals surface area contributed by atoms with Crippen LogP contribution in [-0.2, 0) is 19.7 Å². The standard InChI is InChI=1S/C26H32N2O5/c1-16(2)33-14-13-28-22(17-9-11-27-12-10-17)21(24(30)25(28)31)23(29)18-7-8-20(32-6)19(15-18)26(3,4)5/h7-12,15-16,22,29H,13-14H2,1-6H3/b23-21-. The van der Waals surface area contributed by atoms with Gasteiger partial charge < -0.3 is 19.5 Å². The Morgan fingerprint density at radius 1 is 1.15 bits per heavy atom. The first-order chi connectivity index (χ1) is 15.6. The van der Waals surface area contributed by atoms with Gasteiger partial charge in [0.15, 0.2) is 0 Å². The largest absolute Gasteiger partial charge is 0.507 e. The lowest BCUT2D eigenvalue weighted by Crippen LogP contribution is -2.33. The number of aromatic nitrogens is 1. The number of Topliss-reactive ketones (excluding diaryl/α,β-unsaturated/α-hetero) is 1. The predicted molar refractivity (Wildman–Crippen MR) is 126 cm³/mol. The minimum Gasteiger partial charge on any atom is -0.507 e. The Morgan fingerprint density at radius 3 is 2.39 bits per heavy atom. The van der Waals surface area contributed by atoms with Gasteiger partial charge in [0, 0.05) is 30.1 Å². The second kappa shape index (κ2) is 9.75. The van der Waals surface area contributed by atoms with Crippen LogP contribution in [0.1, 0.15) is 57.4 Å². The van der Waals surface area contributed by atoms with Gasteiger partial charge in [0.2, 0.25) is 0 Å². The summed E-state index contributed by atoms with van der Waals surface area (Å²) in [7, 11) is 1.60. The number of amides is 1. The van der Waals surface area contributed by atoms with Gasteiger partial charge in [0.25, 0.3) is 11.7 Å². The molecule has 1 unspecified atom stereocenters. The number of ketones is 1. The molecule has 2 aromatic rings. The van der Waals surface area contributed by atoms with E-state index in [-0.39, 0.29) is 36.0 Å². The summed E-state index contributed by atoms with van der Waals surface area (Å²) in [5.41, 5.74) is 1.83. The first kappa shape index (κ1) is 24.5. The highest BCUT2D eigenvalue weighted by Crippen LogP contribution is 2.40. The highest BCUT2D eigenvalue weighted by atomic mass is 16.5. The van der Waals surface area contributed by atoms with Crippen LogP contribution >= 0.6 is 0 Å². The molecule has 1 amide bonds. The van der Waals surface area contributed by atoms with E-state index in [4.69, 9.17) is 9.47 Å². The number of methoxy groups -OCH3 is 1. The lowest BCUT2D eigenvalue weighted by molar-refractivity contribution is -0.140. The van der Waals surface area contributed by atoms with Crippen LogP contribution in [0, 0.1) is 0 Å². The lowest BCUT2D eigenvalue weighted by atomic mass is 9.84. The van der Waals surface area contributed by atoms with E-state index in [2.05, 4.69) is 4.98 Å². The molecule has 1 aliphatic rings. The molecule has 1 N–H and O–H groups in total. The van der Waals surface area contributed by atoms with Crippen LogP contribution in [0.25, 0.3) is 5.76 Å². The van der Waals surface area contributed by atoms with Crippen molar-refractivity contribution >= 4 is 17.4 Å². The second-order valence-electron chi connectivity index (χ2n) is 9.36. The van der Waals surface area contributed by atoms with Gasteiger partial charge in [-0.15, -0.1) is 0 Å². The molecule has 0 saturated carbocycles. The van der Waals surface area contributed by atoms with Gasteiger partial charge in [-0.1, -0.05) is 20.8 Å². The maximum Gasteiger partial charge on any atom is 0.295 e. The predicted octanol–water partition coefficient (Wildman–Crippen LogP) is 4.23. The molecule has 33 heavy (non-hydrogen) atoms. The maximum absolute atomic E-state index is 13.1. The van der Waals surface area contributed by atoms with E-state index >= 15 is 0 Å². The van der Waals surface area contributed by atoms with Crippen molar-refractivity contribution in [1.29, 1.82) is 0 Å². The van der Waals surface area contributed by atoms with Crippen LogP contribution in [0.4, 0.5) is 0 Å². The molecule has 0 bridgehead atoms. The van der Waals surface area contributed by atoms with Crippen LogP contribution in [0.15, 0.2) is 48.3 Å². The number of ether oxygens (including phenoxy) is 2. The molecule has 0 spiro atoms. The molecule has 0 radical (unpaired) electrons. The summed E-state index contributed by atoms with van der Waals surface area (Å²) in [4.78, 5) is 31.6. The second-order valence-corrected chi connectivity index (χ2v) is 9.36. The molecule has 0 aliphatic carbocycles. The molecular formula is C26H32N2O5. The van der Waals surface area contributed by atoms with Crippen LogP contribution in [-0.4, -0.2) is 53.0 Å². The maximum atomic E-state index is 13.1. The van der Waals surface area contributed by atoms with E-state index in [1.807, 2.05) is 40.7 Å². The Kier molecular flexibility index (Phi) is 7.22. The quantitative estimate of drug-likeness (QED) is 0.384. The molecule has 1 aromatic heterocycles. The topological polar surface area (TPSA) is 89.0 Å². The number of likely N-dealkylation sites (tertiary alicyclic amines) is 1. The Morgan fingerprint density at radius 2 is 1.82 bits per heavy atom. The van der Waals surface area contributed by atoms with Gasteiger partial charge in [-0.3, -0.25) is 14.6 Å². The van der Waals surface area contributed by atoms with Crippen LogP contribution in [0.3, 0.4) is 0 Å². The van der Waals surface area contributed by atoms with Gasteiger partial charge in [-0.25, -0.2) is 0 Å². The number of rotatable bonds is 7. The number of hydrogen-bond acceptors (Lipinski definition) is 6. The summed E-state index contributed by atoms with van der Waals surface area (Å²) in [6.45, 7) is 10.4. The van der Waals surface area contributed by atoms with E-state index in [1.165, 1.54) is 4.90 Å². The van der Waals surface area contributed by atoms with Crippen LogP contribution < -0.4 is 4.74 Å². The third kappa shape index (κ3) is 5.09. The summed E-state index contributed by atoms with van der Waals surface area (Å²) in [5, 5.41) is 11.3. The molecule has 1 aliphatic heterocycles. The number of hydrogen-bond donors (Lipinski definition) is 1. The minimum atomic E-state index is -0.732. The average molecular weight is 453 g/mol. The summed E-state index contributed by atoms with van der Waals surface area (Å²) in [5.74, 6) is -0.895. The van der Waals surface area contributed by atoms with E-state index in [0.717, 1.165) is 5.56 Å². The van der Waals surface area contributed by atoms with Crippen molar-refractivity contribution < 1.29 is 24.2 Å². The number of carbonyl (C=O) groups is 2. The highest BCUT2D eigenvalue weighted by Gasteiger charge is 2.46. The van der Waals surface area contributed by atoms with Crippen molar-refractivity contribution in [3.63, 3.8) is 0 Å². The monoisotopic (exact) mass is 452 g/mol. The number of aliphatic hydroxyl groups is 1. The zero-order chi connectivity index (χ0) is 24.3. The van der Waals surface area contributed by atoms with Crippen molar-refractivity contribution in [2.75, 3.05) is 20.3 Å². The lowest BCUT2D eigenvalue weighted by Gasteiger charge is -2.26. The summed E-state index contributed by atoms with van der Waals surface area (Å²) in [6.07, 6.45) is 3.20. The Hall–Kier alpha value is -3.19. The molecule has 1 fully saturated rings. The Balaban J connectivity index is 2.14. The zero-order valence-corrected chi connectivity index (χ0v) is 20.1. The number of aliphatic hydroxyl groups excluding tert-OH is 1. The molecule has 1 atom stereocenters. The first-order valence-corrected chi connectivity index (χ1v) is 11.0. The SMILES string of the molecule is COc1ccc(/C(O)=C2/C(=O)C(=O)N(CCOC(C)C)C2c2ccncc2)cc1C(C)(C)C. The van der Waals surface area contributed by atoms with Gasteiger partial charge in [0.1, 0.15) is 11.5 Å². The van der Waals surface area contributed by atoms with Crippen molar-refractivity contribution in [1.82, 2.24) is 9.88 Å². The van der Waals surface area contributed by atoms with Crippen molar-refractivity contribution in [3.8, 4) is 5.75 Å². The summed E-state index contributed by atoms with van der Waals surface area (Å²) >= 11 is 0. The van der Waals surface area contributed by atoms with E-state index in [9.17, 15) is 14.7 Å². The molecule has 1 saturated heterocycles. The highest BCUT2D eigenvalue weighted by molar-refractivity contribution is 6.46. The molecule has 3 rings (SSSR count). The van der Waals surface area contributed by atoms with Crippen LogP contribution in [0.2, 0.25) is 0 Å². The van der Waals surface area contributed by atoms with Crippen LogP contribution in [0.5, 0.6) is 5.75 Å². The number of benzene rings is 1. The fraction of sp³-hybridized carbons (Fsp3) is 0.423. The summed E-state index contributed by atoms with van der Waals surface area (Å²) in [6, 6.07) is 8.03. The van der Waals surface area contributed by atoms with Crippen molar-refractivity contribution in [2.45, 2.75) is 52.2 Å². The average Bonchev–Trinajstić information content (AvgIpc) is 3.03. The molecule has 176 valence electrons. The van der Waals surface area contributed by atoms with Crippen molar-refractivity contribution in [2.24, 2.45) is 0 Å². The van der Waals surface area contributed by atoms with Gasteiger partial charge in [-0.05, 0) is 55.2 Å². The smallest absolute Gasteiger partial charge is 0.295 e. The first-order valence-electron chi connectivity index (χ1n) is 11.0. The summed E-state index contributed by atoms with van der Waals surface area (Å²) < 4.78 is 11.1. The fourth-order valence-electron chi connectivity index (χ4n) is 3.99. The van der Waals surface area contributed by atoms with E-state index in [1.54, 1.807) is 43.8 Å². The minimum absolute atomic E-state index is 0.00341. The Labute approximate surface area is 195 Å². The molecule has 2 heterocycles. The van der Waals surface area contributed by atoms with Gasteiger partial charge >= 0.3 is 0 Å². The third-order valence-corrected chi connectivity index (χ3v) is 5.63. The zero-order valence-electron chi connectivity index (χ0n) is 20.1. The third-order valence-electron chi connectivity index (χ3n) is 5.63. The number of carbonyl (C=O) groups excluding carboxylic acids is 2. The Bertz CT molecular complexity index is 1050. The molecular weight excluding hydrogens is 420 g/mol. The van der Waals surface area contributed by atoms with Gasteiger partial charge in [-0.2, -0.15) is 0 Å². The molecule has 7 nitrogen and oxygen atoms in total. The van der Waals surface area contributed by atoms with E-state index in [0.29, 0.717) is 16.9 Å². The number of pyridine rings is 1. The van der Waals surface area contributed by atoms with Crippen molar-refractivity contribution in [3.05, 3.63) is 65.0 Å². The fourth-order valence-corrected chi connectivity index (χ4v) is 3.99. The molecule has 7 heteroatoms. The molecule has 1 aromatic carbocycles. The normalized spacial score (nSPS) is 18.3.